The number of hydrogen-bond acceptors (Lipinski definition) is 6. The lowest BCUT2D eigenvalue weighted by Gasteiger charge is -2.26. The second-order valence-electron chi connectivity index (χ2n) is 7.10. The lowest BCUT2D eigenvalue weighted by atomic mass is 9.94. The summed E-state index contributed by atoms with van der Waals surface area (Å²) in [4.78, 5) is 26.8. The summed E-state index contributed by atoms with van der Waals surface area (Å²) in [5.74, 6) is -1.08. The molecular formula is C20H23FN4O4. The normalized spacial score (nSPS) is 17.1. The highest BCUT2D eigenvalue weighted by molar-refractivity contribution is 6.12. The highest BCUT2D eigenvalue weighted by Gasteiger charge is 2.27. The summed E-state index contributed by atoms with van der Waals surface area (Å²) in [6, 6.07) is 4.24. The van der Waals surface area contributed by atoms with E-state index >= 15 is 0 Å². The van der Waals surface area contributed by atoms with Crippen LogP contribution in [0.4, 0.5) is 10.1 Å². The topological polar surface area (TPSA) is 96.5 Å². The quantitative estimate of drug-likeness (QED) is 0.768. The Morgan fingerprint density at radius 3 is 2.93 bits per heavy atom. The summed E-state index contributed by atoms with van der Waals surface area (Å²) in [5, 5.41) is 9.34. The van der Waals surface area contributed by atoms with Crippen LogP contribution >= 0.6 is 0 Å². The van der Waals surface area contributed by atoms with Gasteiger partial charge in [-0.2, -0.15) is 5.10 Å². The largest absolute Gasteiger partial charge is 0.489 e. The lowest BCUT2D eigenvalue weighted by Crippen LogP contribution is -2.38. The van der Waals surface area contributed by atoms with Crippen LogP contribution in [0.15, 0.2) is 18.2 Å². The summed E-state index contributed by atoms with van der Waals surface area (Å²) in [7, 11) is 0. The van der Waals surface area contributed by atoms with Crippen LogP contribution in [0.2, 0.25) is 0 Å². The van der Waals surface area contributed by atoms with Crippen molar-refractivity contribution in [3.63, 3.8) is 0 Å². The summed E-state index contributed by atoms with van der Waals surface area (Å²) in [5.41, 5.74) is 1.35. The monoisotopic (exact) mass is 402 g/mol. The van der Waals surface area contributed by atoms with Gasteiger partial charge in [0.25, 0.3) is 5.91 Å². The number of aryl methyl sites for hydroxylation is 1. The molecule has 154 valence electrons. The van der Waals surface area contributed by atoms with Gasteiger partial charge in [0, 0.05) is 43.5 Å². The van der Waals surface area contributed by atoms with Crippen LogP contribution in [0.5, 0.6) is 5.75 Å². The Morgan fingerprint density at radius 1 is 1.31 bits per heavy atom. The molecule has 0 unspecified atom stereocenters. The van der Waals surface area contributed by atoms with Gasteiger partial charge in [-0.1, -0.05) is 0 Å². The predicted molar refractivity (Wildman–Crippen MR) is 103 cm³/mol. The maximum Gasteiger partial charge on any atom is 0.276 e. The predicted octanol–water partition coefficient (Wildman–Crippen LogP) is 2.03. The summed E-state index contributed by atoms with van der Waals surface area (Å²) in [6.07, 6.45) is 1.83. The number of nitrogens with zero attached hydrogens (tertiary/aromatic N) is 2. The Hall–Kier alpha value is -2.78. The van der Waals surface area contributed by atoms with E-state index < -0.39 is 11.7 Å². The van der Waals surface area contributed by atoms with Crippen molar-refractivity contribution in [3.05, 3.63) is 41.0 Å². The van der Waals surface area contributed by atoms with Crippen molar-refractivity contribution >= 4 is 17.4 Å². The number of carbonyl (C=O) groups is 2. The van der Waals surface area contributed by atoms with E-state index in [1.54, 1.807) is 6.07 Å². The Labute approximate surface area is 167 Å². The molecule has 1 saturated heterocycles. The number of ketones is 1. The number of hydrogen-bond donors (Lipinski definition) is 2. The molecule has 0 atom stereocenters. The molecule has 1 fully saturated rings. The number of benzene rings is 1. The Kier molecular flexibility index (Phi) is 5.86. The van der Waals surface area contributed by atoms with E-state index in [9.17, 15) is 14.0 Å². The highest BCUT2D eigenvalue weighted by Crippen LogP contribution is 2.25. The molecule has 1 aromatic carbocycles. The molecule has 0 saturated carbocycles. The fourth-order valence-electron chi connectivity index (χ4n) is 3.57. The minimum atomic E-state index is -0.565. The molecule has 2 N–H and O–H groups in total. The minimum absolute atomic E-state index is 0.0518. The van der Waals surface area contributed by atoms with Crippen molar-refractivity contribution in [2.24, 2.45) is 0 Å². The molecule has 2 heterocycles. The van der Waals surface area contributed by atoms with Gasteiger partial charge >= 0.3 is 0 Å². The van der Waals surface area contributed by atoms with Crippen LogP contribution in [-0.4, -0.2) is 66.2 Å². The maximum absolute atomic E-state index is 14.4. The summed E-state index contributed by atoms with van der Waals surface area (Å²) >= 11 is 0. The lowest BCUT2D eigenvalue weighted by molar-refractivity contribution is 0.0320. The first kappa shape index (κ1) is 19.5. The number of nitrogens with one attached hydrogen (secondary N) is 2. The molecular weight excluding hydrogens is 379 g/mol. The van der Waals surface area contributed by atoms with Gasteiger partial charge in [-0.25, -0.2) is 4.39 Å². The Balaban J connectivity index is 1.36. The van der Waals surface area contributed by atoms with Gasteiger partial charge in [0.1, 0.15) is 6.61 Å². The SMILES string of the molecule is O=C(Nc1ccc(OCCN2CCOCC2)c(F)c1)c1n[nH]c2c1C(=O)CCC2. The van der Waals surface area contributed by atoms with E-state index in [-0.39, 0.29) is 22.9 Å². The molecule has 1 aromatic heterocycles. The molecule has 9 heteroatoms. The number of aromatic nitrogens is 2. The fraction of sp³-hybridized carbons (Fsp3) is 0.450. The summed E-state index contributed by atoms with van der Waals surface area (Å²) < 4.78 is 25.2. The second kappa shape index (κ2) is 8.71. The van der Waals surface area contributed by atoms with Gasteiger partial charge in [0.15, 0.2) is 23.0 Å². The first-order chi connectivity index (χ1) is 14.1. The molecule has 0 bridgehead atoms. The molecule has 2 aromatic rings. The van der Waals surface area contributed by atoms with Gasteiger partial charge in [-0.15, -0.1) is 0 Å². The van der Waals surface area contributed by atoms with E-state index in [0.29, 0.717) is 50.5 Å². The summed E-state index contributed by atoms with van der Waals surface area (Å²) in [6.45, 7) is 4.15. The van der Waals surface area contributed by atoms with Gasteiger partial charge in [0.2, 0.25) is 0 Å². The molecule has 4 rings (SSSR count). The number of aromatic amines is 1. The van der Waals surface area contributed by atoms with Crippen LogP contribution in [0.1, 0.15) is 39.4 Å². The first-order valence-electron chi connectivity index (χ1n) is 9.76. The van der Waals surface area contributed by atoms with Crippen LogP contribution in [-0.2, 0) is 11.2 Å². The second-order valence-corrected chi connectivity index (χ2v) is 7.10. The zero-order chi connectivity index (χ0) is 20.2. The Bertz CT molecular complexity index is 908. The number of amides is 1. The van der Waals surface area contributed by atoms with Crippen LogP contribution in [0.25, 0.3) is 0 Å². The third-order valence-electron chi connectivity index (χ3n) is 5.12. The fourth-order valence-corrected chi connectivity index (χ4v) is 3.57. The van der Waals surface area contributed by atoms with Gasteiger partial charge < -0.3 is 14.8 Å². The third kappa shape index (κ3) is 4.46. The molecule has 1 aliphatic heterocycles. The van der Waals surface area contributed by atoms with Gasteiger partial charge in [0.05, 0.1) is 18.8 Å². The average molecular weight is 402 g/mol. The smallest absolute Gasteiger partial charge is 0.276 e. The van der Waals surface area contributed by atoms with Gasteiger partial charge in [-0.05, 0) is 25.0 Å². The van der Waals surface area contributed by atoms with Crippen molar-refractivity contribution in [1.82, 2.24) is 15.1 Å². The molecule has 1 amide bonds. The number of anilines is 1. The van der Waals surface area contributed by atoms with Crippen LogP contribution in [0, 0.1) is 5.82 Å². The van der Waals surface area contributed by atoms with Crippen molar-refractivity contribution in [3.8, 4) is 5.75 Å². The number of fused-ring (bicyclic) bond motifs is 1. The number of H-pyrrole nitrogens is 1. The first-order valence-corrected chi connectivity index (χ1v) is 9.76. The molecule has 0 radical (unpaired) electrons. The van der Waals surface area contributed by atoms with Crippen molar-refractivity contribution in [2.75, 3.05) is 44.8 Å². The number of Topliss-reactive ketones (excluding diaryl/α,β-unsaturated/α-hetero) is 1. The highest BCUT2D eigenvalue weighted by atomic mass is 19.1. The number of ether oxygens (including phenoxy) is 2. The van der Waals surface area contributed by atoms with Gasteiger partial charge in [-0.3, -0.25) is 19.6 Å². The zero-order valence-electron chi connectivity index (χ0n) is 16.0. The number of carbonyl (C=O) groups excluding carboxylic acids is 2. The van der Waals surface area contributed by atoms with E-state index in [0.717, 1.165) is 19.5 Å². The molecule has 1 aliphatic carbocycles. The number of rotatable bonds is 6. The van der Waals surface area contributed by atoms with Crippen molar-refractivity contribution in [1.29, 1.82) is 0 Å². The minimum Gasteiger partial charge on any atom is -0.489 e. The van der Waals surface area contributed by atoms with E-state index in [1.165, 1.54) is 12.1 Å². The van der Waals surface area contributed by atoms with Crippen molar-refractivity contribution < 1.29 is 23.5 Å². The van der Waals surface area contributed by atoms with Crippen LogP contribution < -0.4 is 10.1 Å². The third-order valence-corrected chi connectivity index (χ3v) is 5.12. The molecule has 8 nitrogen and oxygen atoms in total. The van der Waals surface area contributed by atoms with Crippen LogP contribution in [0.3, 0.4) is 0 Å². The average Bonchev–Trinajstić information content (AvgIpc) is 3.16. The molecule has 0 spiro atoms. The molecule has 2 aliphatic rings. The van der Waals surface area contributed by atoms with E-state index in [2.05, 4.69) is 20.4 Å². The van der Waals surface area contributed by atoms with E-state index in [4.69, 9.17) is 9.47 Å². The maximum atomic E-state index is 14.4. The molecule has 29 heavy (non-hydrogen) atoms. The number of halogens is 1. The Morgan fingerprint density at radius 2 is 2.14 bits per heavy atom. The zero-order valence-corrected chi connectivity index (χ0v) is 16.0. The van der Waals surface area contributed by atoms with E-state index in [1.807, 2.05) is 0 Å². The standard InChI is InChI=1S/C20H23FN4O4/c21-14-12-13(4-5-17(14)29-11-8-25-6-9-28-10-7-25)22-20(27)19-18-15(23-24-19)2-1-3-16(18)26/h4-5,12H,1-3,6-11H2,(H,22,27)(H,23,24). The number of morpholine rings is 1. The van der Waals surface area contributed by atoms with Crippen molar-refractivity contribution in [2.45, 2.75) is 19.3 Å².